The fourth-order valence-electron chi connectivity index (χ4n) is 8.26. The first kappa shape index (κ1) is 29.5. The van der Waals surface area contributed by atoms with Gasteiger partial charge < -0.3 is 4.57 Å². The van der Waals surface area contributed by atoms with Crippen molar-refractivity contribution < 1.29 is 0 Å². The third kappa shape index (κ3) is 4.59. The van der Waals surface area contributed by atoms with E-state index in [2.05, 4.69) is 126 Å². The first-order chi connectivity index (χ1) is 26.3. The summed E-state index contributed by atoms with van der Waals surface area (Å²) in [5.41, 5.74) is 13.8. The first-order valence-electron chi connectivity index (χ1n) is 18.0. The second-order valence-electron chi connectivity index (χ2n) is 13.6. The highest BCUT2D eigenvalue weighted by atomic mass is 15.0. The smallest absolute Gasteiger partial charge is 0.164 e. The highest BCUT2D eigenvalue weighted by Crippen LogP contribution is 2.50. The SMILES string of the molecule is c1ccc(-c2nc(-c3ccccc3)nc(-c3ccc(-n4c5ccccc5c5c6cccc7c6c(cc54)-c4ccccc4-c4ccccc4-7)cc3)n2)cc1. The highest BCUT2D eigenvalue weighted by molar-refractivity contribution is 6.28. The number of fused-ring (bicyclic) bond motifs is 9. The predicted molar refractivity (Wildman–Crippen MR) is 218 cm³/mol. The van der Waals surface area contributed by atoms with Crippen molar-refractivity contribution in [2.24, 2.45) is 0 Å². The van der Waals surface area contributed by atoms with Crippen LogP contribution in [0.2, 0.25) is 0 Å². The van der Waals surface area contributed by atoms with Crippen LogP contribution in [0.25, 0.3) is 106 Å². The van der Waals surface area contributed by atoms with Gasteiger partial charge in [0.15, 0.2) is 17.5 Å². The lowest BCUT2D eigenvalue weighted by Crippen LogP contribution is -2.00. The largest absolute Gasteiger partial charge is 0.309 e. The Balaban J connectivity index is 1.14. The molecule has 0 bridgehead atoms. The minimum atomic E-state index is 0.641. The number of nitrogens with zero attached hydrogens (tertiary/aromatic N) is 4. The van der Waals surface area contributed by atoms with Crippen molar-refractivity contribution in [3.63, 3.8) is 0 Å². The topological polar surface area (TPSA) is 43.6 Å². The number of hydrogen-bond donors (Lipinski definition) is 0. The maximum atomic E-state index is 4.98. The molecule has 0 unspecified atom stereocenters. The predicted octanol–water partition coefficient (Wildman–Crippen LogP) is 12.4. The van der Waals surface area contributed by atoms with Gasteiger partial charge in [0.25, 0.3) is 0 Å². The van der Waals surface area contributed by atoms with Crippen LogP contribution in [0, 0.1) is 0 Å². The monoisotopic (exact) mass is 674 g/mol. The van der Waals surface area contributed by atoms with Gasteiger partial charge in [0.2, 0.25) is 0 Å². The van der Waals surface area contributed by atoms with Crippen molar-refractivity contribution in [1.29, 1.82) is 0 Å². The van der Waals surface area contributed by atoms with Crippen LogP contribution in [0.4, 0.5) is 0 Å². The Morgan fingerprint density at radius 3 is 1.36 bits per heavy atom. The summed E-state index contributed by atoms with van der Waals surface area (Å²) in [7, 11) is 0. The second-order valence-corrected chi connectivity index (χ2v) is 13.6. The molecule has 4 heteroatoms. The van der Waals surface area contributed by atoms with Crippen molar-refractivity contribution in [3.8, 4) is 73.2 Å². The Labute approximate surface area is 306 Å². The van der Waals surface area contributed by atoms with Gasteiger partial charge in [0.05, 0.1) is 11.0 Å². The third-order valence-electron chi connectivity index (χ3n) is 10.6. The molecule has 246 valence electrons. The zero-order valence-electron chi connectivity index (χ0n) is 28.6. The standard InChI is InChI=1S/C49H30N4/c1-3-14-31(15-4-1)47-50-48(32-16-5-2-6-17-32)52-49(51-47)33-26-28-34(29-27-33)53-43-25-12-11-22-40(43)46-41-24-13-23-39-37-20-9-7-18-35(37)36-19-8-10-21-38(36)42(45(39)41)30-44(46)53/h1-30H. The number of hydrogen-bond acceptors (Lipinski definition) is 3. The maximum Gasteiger partial charge on any atom is 0.164 e. The van der Waals surface area contributed by atoms with E-state index in [0.717, 1.165) is 22.4 Å². The van der Waals surface area contributed by atoms with Crippen LogP contribution in [0.15, 0.2) is 182 Å². The summed E-state index contributed by atoms with van der Waals surface area (Å²) in [6.45, 7) is 0. The average Bonchev–Trinajstić information content (AvgIpc) is 3.52. The van der Waals surface area contributed by atoms with Crippen LogP contribution in [0.3, 0.4) is 0 Å². The Bertz CT molecular complexity index is 2980. The van der Waals surface area contributed by atoms with E-state index >= 15 is 0 Å². The summed E-state index contributed by atoms with van der Waals surface area (Å²) >= 11 is 0. The Hall–Kier alpha value is -7.17. The molecule has 0 saturated heterocycles. The zero-order chi connectivity index (χ0) is 34.9. The van der Waals surface area contributed by atoms with Gasteiger partial charge in [-0.05, 0) is 80.6 Å². The van der Waals surface area contributed by atoms with Crippen LogP contribution in [-0.4, -0.2) is 19.5 Å². The molecular formula is C49H30N4. The summed E-state index contributed by atoms with van der Waals surface area (Å²) in [4.78, 5) is 14.9. The summed E-state index contributed by atoms with van der Waals surface area (Å²) in [5, 5.41) is 5.06. The van der Waals surface area contributed by atoms with Crippen LogP contribution >= 0.6 is 0 Å². The van der Waals surface area contributed by atoms with E-state index in [1.54, 1.807) is 0 Å². The van der Waals surface area contributed by atoms with Gasteiger partial charge in [0, 0.05) is 33.2 Å². The lowest BCUT2D eigenvalue weighted by atomic mass is 9.91. The molecule has 1 aliphatic carbocycles. The third-order valence-corrected chi connectivity index (χ3v) is 10.6. The molecule has 0 fully saturated rings. The van der Waals surface area contributed by atoms with Gasteiger partial charge in [0.1, 0.15) is 0 Å². The molecule has 53 heavy (non-hydrogen) atoms. The number of rotatable bonds is 4. The quantitative estimate of drug-likeness (QED) is 0.187. The Morgan fingerprint density at radius 1 is 0.302 bits per heavy atom. The molecule has 1 aliphatic rings. The van der Waals surface area contributed by atoms with Crippen LogP contribution in [-0.2, 0) is 0 Å². The molecule has 0 atom stereocenters. The van der Waals surface area contributed by atoms with Gasteiger partial charge in [-0.1, -0.05) is 146 Å². The summed E-state index contributed by atoms with van der Waals surface area (Å²) in [6.07, 6.45) is 0. The molecule has 10 aromatic rings. The average molecular weight is 675 g/mol. The van der Waals surface area contributed by atoms with E-state index in [4.69, 9.17) is 15.0 Å². The van der Waals surface area contributed by atoms with Crippen molar-refractivity contribution >= 4 is 32.6 Å². The van der Waals surface area contributed by atoms with E-state index in [1.807, 2.05) is 60.7 Å². The fraction of sp³-hybridized carbons (Fsp3) is 0. The fourth-order valence-corrected chi connectivity index (χ4v) is 8.26. The van der Waals surface area contributed by atoms with Gasteiger partial charge >= 0.3 is 0 Å². The lowest BCUT2D eigenvalue weighted by molar-refractivity contribution is 1.07. The Morgan fingerprint density at radius 2 is 0.755 bits per heavy atom. The molecular weight excluding hydrogens is 645 g/mol. The van der Waals surface area contributed by atoms with E-state index in [0.29, 0.717) is 17.5 Å². The summed E-state index contributed by atoms with van der Waals surface area (Å²) < 4.78 is 2.41. The van der Waals surface area contributed by atoms with Crippen molar-refractivity contribution in [2.75, 3.05) is 0 Å². The Kier molecular flexibility index (Phi) is 6.52. The normalized spacial score (nSPS) is 11.8. The first-order valence-corrected chi connectivity index (χ1v) is 18.0. The molecule has 0 N–H and O–H groups in total. The molecule has 0 radical (unpaired) electrons. The van der Waals surface area contributed by atoms with E-state index in [9.17, 15) is 0 Å². The van der Waals surface area contributed by atoms with Crippen molar-refractivity contribution in [1.82, 2.24) is 19.5 Å². The summed E-state index contributed by atoms with van der Waals surface area (Å²) in [6, 6.07) is 64.6. The van der Waals surface area contributed by atoms with Crippen LogP contribution in [0.1, 0.15) is 0 Å². The number of aromatic nitrogens is 4. The molecule has 2 aromatic heterocycles. The lowest BCUT2D eigenvalue weighted by Gasteiger charge is -2.14. The van der Waals surface area contributed by atoms with Gasteiger partial charge in [-0.25, -0.2) is 15.0 Å². The number of benzene rings is 8. The maximum absolute atomic E-state index is 4.98. The molecule has 8 aromatic carbocycles. The van der Waals surface area contributed by atoms with Gasteiger partial charge in [-0.15, -0.1) is 0 Å². The van der Waals surface area contributed by atoms with Crippen molar-refractivity contribution in [2.45, 2.75) is 0 Å². The minimum Gasteiger partial charge on any atom is -0.309 e. The highest BCUT2D eigenvalue weighted by Gasteiger charge is 2.25. The number of para-hydroxylation sites is 1. The molecule has 0 spiro atoms. The zero-order valence-corrected chi connectivity index (χ0v) is 28.6. The molecule has 4 nitrogen and oxygen atoms in total. The van der Waals surface area contributed by atoms with E-state index in [-0.39, 0.29) is 0 Å². The second kappa shape index (κ2) is 11.7. The molecule has 0 aliphatic heterocycles. The molecule has 2 heterocycles. The van der Waals surface area contributed by atoms with Crippen LogP contribution in [0.5, 0.6) is 0 Å². The van der Waals surface area contributed by atoms with Crippen molar-refractivity contribution in [3.05, 3.63) is 182 Å². The van der Waals surface area contributed by atoms with Gasteiger partial charge in [-0.3, -0.25) is 0 Å². The minimum absolute atomic E-state index is 0.641. The van der Waals surface area contributed by atoms with E-state index in [1.165, 1.54) is 66.0 Å². The molecule has 11 rings (SSSR count). The summed E-state index contributed by atoms with van der Waals surface area (Å²) in [5.74, 6) is 1.95. The van der Waals surface area contributed by atoms with Crippen LogP contribution < -0.4 is 0 Å². The molecule has 0 amide bonds. The van der Waals surface area contributed by atoms with E-state index < -0.39 is 0 Å². The van der Waals surface area contributed by atoms with Gasteiger partial charge in [-0.2, -0.15) is 0 Å². The molecule has 0 saturated carbocycles.